The third-order valence-corrected chi connectivity index (χ3v) is 4.25. The van der Waals surface area contributed by atoms with E-state index in [0.717, 1.165) is 28.8 Å². The van der Waals surface area contributed by atoms with Crippen LogP contribution in [0.5, 0.6) is 5.75 Å². The van der Waals surface area contributed by atoms with Crippen LogP contribution >= 0.6 is 15.9 Å². The van der Waals surface area contributed by atoms with Crippen molar-refractivity contribution in [1.29, 1.82) is 0 Å². The topological polar surface area (TPSA) is 21.3 Å². The van der Waals surface area contributed by atoms with E-state index in [1.807, 2.05) is 19.1 Å². The molecule has 1 heterocycles. The first-order valence-electron chi connectivity index (χ1n) is 7.07. The van der Waals surface area contributed by atoms with Crippen molar-refractivity contribution in [2.75, 3.05) is 6.61 Å². The first-order chi connectivity index (χ1) is 10.1. The van der Waals surface area contributed by atoms with E-state index in [1.54, 1.807) is 6.07 Å². The minimum absolute atomic E-state index is 0.0535. The van der Waals surface area contributed by atoms with Gasteiger partial charge in [0.25, 0.3) is 0 Å². The van der Waals surface area contributed by atoms with Gasteiger partial charge in [-0.25, -0.2) is 4.39 Å². The van der Waals surface area contributed by atoms with Crippen LogP contribution in [0.1, 0.15) is 29.7 Å². The molecule has 2 aromatic carbocycles. The highest BCUT2D eigenvalue weighted by Gasteiger charge is 2.18. The lowest BCUT2D eigenvalue weighted by atomic mass is 10.1. The Hall–Kier alpha value is -1.39. The van der Waals surface area contributed by atoms with E-state index in [4.69, 9.17) is 4.74 Å². The number of nitrogens with one attached hydrogen (secondary N) is 1. The summed E-state index contributed by atoms with van der Waals surface area (Å²) in [6.45, 7) is 3.36. The second-order valence-electron chi connectivity index (χ2n) is 5.28. The molecule has 0 spiro atoms. The Labute approximate surface area is 132 Å². The van der Waals surface area contributed by atoms with Gasteiger partial charge in [0.1, 0.15) is 11.6 Å². The van der Waals surface area contributed by atoms with Crippen LogP contribution in [-0.2, 0) is 13.0 Å². The van der Waals surface area contributed by atoms with Crippen LogP contribution in [0.25, 0.3) is 0 Å². The van der Waals surface area contributed by atoms with Crippen LogP contribution in [0.4, 0.5) is 4.39 Å². The van der Waals surface area contributed by atoms with Crippen LogP contribution in [0.15, 0.2) is 40.9 Å². The Morgan fingerprint density at radius 3 is 2.95 bits per heavy atom. The third-order valence-electron chi connectivity index (χ3n) is 3.80. The molecule has 0 aromatic heterocycles. The summed E-state index contributed by atoms with van der Waals surface area (Å²) < 4.78 is 20.5. The van der Waals surface area contributed by atoms with Gasteiger partial charge in [0.2, 0.25) is 0 Å². The number of rotatable bonds is 4. The Morgan fingerprint density at radius 1 is 1.33 bits per heavy atom. The minimum Gasteiger partial charge on any atom is -0.493 e. The number of hydrogen-bond donors (Lipinski definition) is 1. The van der Waals surface area contributed by atoms with Crippen molar-refractivity contribution in [1.82, 2.24) is 5.32 Å². The molecule has 0 fully saturated rings. The SMILES string of the molecule is C[C@@H](NCc1cc(Br)cc2c1OCC2)c1ccccc1F. The van der Waals surface area contributed by atoms with Crippen LogP contribution in [0, 0.1) is 5.82 Å². The fourth-order valence-corrected chi connectivity index (χ4v) is 3.23. The molecule has 0 radical (unpaired) electrons. The summed E-state index contributed by atoms with van der Waals surface area (Å²) in [5.41, 5.74) is 3.03. The van der Waals surface area contributed by atoms with Crippen molar-refractivity contribution in [3.8, 4) is 5.75 Å². The molecule has 21 heavy (non-hydrogen) atoms. The quantitative estimate of drug-likeness (QED) is 0.884. The lowest BCUT2D eigenvalue weighted by Gasteiger charge is -2.16. The average Bonchev–Trinajstić information content (AvgIpc) is 2.93. The standard InChI is InChI=1S/C17H17BrFNO/c1-11(15-4-2-3-5-16(15)19)20-10-13-9-14(18)8-12-6-7-21-17(12)13/h2-5,8-9,11,20H,6-7,10H2,1H3/t11-/m1/s1. The fraction of sp³-hybridized carbons (Fsp3) is 0.294. The number of benzene rings is 2. The molecule has 2 aromatic rings. The van der Waals surface area contributed by atoms with Gasteiger partial charge >= 0.3 is 0 Å². The van der Waals surface area contributed by atoms with Crippen LogP contribution < -0.4 is 10.1 Å². The third kappa shape index (κ3) is 3.11. The molecule has 1 aliphatic heterocycles. The number of fused-ring (bicyclic) bond motifs is 1. The van der Waals surface area contributed by atoms with Gasteiger partial charge in [-0.15, -0.1) is 0 Å². The zero-order valence-electron chi connectivity index (χ0n) is 11.8. The summed E-state index contributed by atoms with van der Waals surface area (Å²) >= 11 is 3.54. The molecule has 0 aliphatic carbocycles. The number of ether oxygens (including phenoxy) is 1. The number of halogens is 2. The molecule has 0 bridgehead atoms. The highest BCUT2D eigenvalue weighted by atomic mass is 79.9. The summed E-state index contributed by atoms with van der Waals surface area (Å²) in [5.74, 6) is 0.805. The molecular weight excluding hydrogens is 333 g/mol. The Balaban J connectivity index is 1.75. The maximum absolute atomic E-state index is 13.8. The molecule has 0 amide bonds. The molecule has 0 unspecified atom stereocenters. The molecule has 2 nitrogen and oxygen atoms in total. The lowest BCUT2D eigenvalue weighted by molar-refractivity contribution is 0.351. The highest BCUT2D eigenvalue weighted by molar-refractivity contribution is 9.10. The Morgan fingerprint density at radius 2 is 2.14 bits per heavy atom. The monoisotopic (exact) mass is 349 g/mol. The van der Waals surface area contributed by atoms with Crippen LogP contribution in [0.2, 0.25) is 0 Å². The lowest BCUT2D eigenvalue weighted by Crippen LogP contribution is -2.19. The molecule has 4 heteroatoms. The second-order valence-corrected chi connectivity index (χ2v) is 6.19. The van der Waals surface area contributed by atoms with E-state index in [0.29, 0.717) is 12.1 Å². The summed E-state index contributed by atoms with van der Waals surface area (Å²) in [4.78, 5) is 0. The molecule has 0 saturated carbocycles. The van der Waals surface area contributed by atoms with Gasteiger partial charge in [0.05, 0.1) is 6.61 Å². The second kappa shape index (κ2) is 6.16. The minimum atomic E-state index is -0.173. The van der Waals surface area contributed by atoms with E-state index < -0.39 is 0 Å². The number of hydrogen-bond acceptors (Lipinski definition) is 2. The predicted molar refractivity (Wildman–Crippen MR) is 85.0 cm³/mol. The molecule has 1 atom stereocenters. The van der Waals surface area contributed by atoms with Crippen molar-refractivity contribution in [3.05, 3.63) is 63.4 Å². The summed E-state index contributed by atoms with van der Waals surface area (Å²) in [6.07, 6.45) is 0.949. The van der Waals surface area contributed by atoms with E-state index >= 15 is 0 Å². The first kappa shape index (κ1) is 14.5. The molecule has 110 valence electrons. The smallest absolute Gasteiger partial charge is 0.127 e. The highest BCUT2D eigenvalue weighted by Crippen LogP contribution is 2.33. The van der Waals surface area contributed by atoms with Crippen molar-refractivity contribution in [3.63, 3.8) is 0 Å². The van der Waals surface area contributed by atoms with E-state index in [9.17, 15) is 4.39 Å². The van der Waals surface area contributed by atoms with E-state index in [-0.39, 0.29) is 11.9 Å². The zero-order valence-corrected chi connectivity index (χ0v) is 13.4. The average molecular weight is 350 g/mol. The normalized spacial score (nSPS) is 14.6. The van der Waals surface area contributed by atoms with Crippen molar-refractivity contribution in [2.45, 2.75) is 25.9 Å². The van der Waals surface area contributed by atoms with Gasteiger partial charge in [-0.3, -0.25) is 0 Å². The van der Waals surface area contributed by atoms with Crippen molar-refractivity contribution < 1.29 is 9.13 Å². The van der Waals surface area contributed by atoms with Crippen molar-refractivity contribution in [2.24, 2.45) is 0 Å². The van der Waals surface area contributed by atoms with Crippen LogP contribution in [0.3, 0.4) is 0 Å². The van der Waals surface area contributed by atoms with E-state index in [2.05, 4.69) is 33.4 Å². The van der Waals surface area contributed by atoms with Gasteiger partial charge in [-0.1, -0.05) is 34.1 Å². The first-order valence-corrected chi connectivity index (χ1v) is 7.86. The summed E-state index contributed by atoms with van der Waals surface area (Å²) in [5, 5.41) is 3.37. The maximum atomic E-state index is 13.8. The predicted octanol–water partition coefficient (Wildman–Crippen LogP) is 4.37. The molecular formula is C17H17BrFNO. The van der Waals surface area contributed by atoms with Gasteiger partial charge in [-0.2, -0.15) is 0 Å². The largest absolute Gasteiger partial charge is 0.493 e. The zero-order chi connectivity index (χ0) is 14.8. The molecule has 3 rings (SSSR count). The van der Waals surface area contributed by atoms with Gasteiger partial charge in [0.15, 0.2) is 0 Å². The molecule has 0 saturated heterocycles. The maximum Gasteiger partial charge on any atom is 0.127 e. The van der Waals surface area contributed by atoms with Crippen LogP contribution in [-0.4, -0.2) is 6.61 Å². The molecule has 1 aliphatic rings. The van der Waals surface area contributed by atoms with Crippen molar-refractivity contribution >= 4 is 15.9 Å². The summed E-state index contributed by atoms with van der Waals surface area (Å²) in [7, 11) is 0. The van der Waals surface area contributed by atoms with Gasteiger partial charge in [-0.05, 0) is 30.7 Å². The Kier molecular flexibility index (Phi) is 4.27. The summed E-state index contributed by atoms with van der Waals surface area (Å²) in [6, 6.07) is 11.0. The van der Waals surface area contributed by atoms with Gasteiger partial charge < -0.3 is 10.1 Å². The van der Waals surface area contributed by atoms with E-state index in [1.165, 1.54) is 11.6 Å². The fourth-order valence-electron chi connectivity index (χ4n) is 2.68. The molecule has 1 N–H and O–H groups in total. The van der Waals surface area contributed by atoms with Gasteiger partial charge in [0, 0.05) is 34.6 Å². The Bertz CT molecular complexity index is 659.